The van der Waals surface area contributed by atoms with Crippen molar-refractivity contribution in [2.75, 3.05) is 0 Å². The van der Waals surface area contributed by atoms with Crippen molar-refractivity contribution in [3.05, 3.63) is 54.0 Å². The summed E-state index contributed by atoms with van der Waals surface area (Å²) < 4.78 is 13.3. The Hall–Kier alpha value is -2.27. The van der Waals surface area contributed by atoms with E-state index in [9.17, 15) is 14.3 Å². The first kappa shape index (κ1) is 17.5. The molecule has 1 heterocycles. The fourth-order valence-electron chi connectivity index (χ4n) is 3.41. The number of carbonyl (C=O) groups is 1. The maximum absolute atomic E-state index is 13.3. The molecule has 132 valence electrons. The van der Waals surface area contributed by atoms with Gasteiger partial charge in [-0.15, -0.1) is 0 Å². The van der Waals surface area contributed by atoms with Gasteiger partial charge in [0.05, 0.1) is 17.4 Å². The lowest BCUT2D eigenvalue weighted by Crippen LogP contribution is -2.40. The van der Waals surface area contributed by atoms with Gasteiger partial charge in [-0.3, -0.25) is 9.78 Å². The minimum atomic E-state index is -0.341. The molecule has 2 N–H and O–H groups in total. The third kappa shape index (κ3) is 4.42. The minimum absolute atomic E-state index is 0.0868. The van der Waals surface area contributed by atoms with Gasteiger partial charge in [-0.2, -0.15) is 0 Å². The van der Waals surface area contributed by atoms with Crippen LogP contribution in [0.25, 0.3) is 11.3 Å². The Balaban J connectivity index is 1.65. The van der Waals surface area contributed by atoms with Gasteiger partial charge in [0.15, 0.2) is 0 Å². The zero-order valence-electron chi connectivity index (χ0n) is 14.3. The molecular weight excluding hydrogens is 319 g/mol. The Kier molecular flexibility index (Phi) is 5.43. The van der Waals surface area contributed by atoms with Gasteiger partial charge in [-0.1, -0.05) is 18.6 Å². The molecule has 1 aromatic carbocycles. The lowest BCUT2D eigenvalue weighted by atomic mass is 9.83. The third-order valence-electron chi connectivity index (χ3n) is 4.88. The summed E-state index contributed by atoms with van der Waals surface area (Å²) in [4.78, 5) is 16.7. The molecule has 0 saturated heterocycles. The molecule has 5 heteroatoms. The molecule has 1 aliphatic rings. The molecule has 4 nitrogen and oxygen atoms in total. The van der Waals surface area contributed by atoms with Crippen molar-refractivity contribution in [3.63, 3.8) is 0 Å². The fraction of sp³-hybridized carbons (Fsp3) is 0.400. The Morgan fingerprint density at radius 3 is 2.84 bits per heavy atom. The predicted molar refractivity (Wildman–Crippen MR) is 94.5 cm³/mol. The summed E-state index contributed by atoms with van der Waals surface area (Å²) in [5, 5.41) is 12.8. The monoisotopic (exact) mass is 342 g/mol. The number of nitrogens with one attached hydrogen (secondary N) is 1. The number of aliphatic hydroxyl groups is 1. The highest BCUT2D eigenvalue weighted by atomic mass is 19.1. The van der Waals surface area contributed by atoms with Crippen LogP contribution in [-0.2, 0) is 0 Å². The number of rotatable bonds is 4. The SMILES string of the molecule is CC(O)[C@H]1CCC[C@@H](NC(=O)c2ccc(-c3cccc(F)c3)nc2)C1. The van der Waals surface area contributed by atoms with Crippen LogP contribution in [0.15, 0.2) is 42.6 Å². The van der Waals surface area contributed by atoms with E-state index in [1.165, 1.54) is 18.3 Å². The molecule has 0 radical (unpaired) electrons. The second kappa shape index (κ2) is 7.74. The van der Waals surface area contributed by atoms with E-state index < -0.39 is 0 Å². The lowest BCUT2D eigenvalue weighted by Gasteiger charge is -2.31. The summed E-state index contributed by atoms with van der Waals surface area (Å²) in [5.41, 5.74) is 1.79. The summed E-state index contributed by atoms with van der Waals surface area (Å²) in [6, 6.07) is 9.73. The molecule has 1 aliphatic carbocycles. The van der Waals surface area contributed by atoms with Crippen LogP contribution in [0.1, 0.15) is 43.0 Å². The molecule has 0 bridgehead atoms. The van der Waals surface area contributed by atoms with Crippen LogP contribution in [-0.4, -0.2) is 28.1 Å². The molecule has 1 fully saturated rings. The average Bonchev–Trinajstić information content (AvgIpc) is 2.62. The maximum atomic E-state index is 13.3. The molecule has 0 aliphatic heterocycles. The van der Waals surface area contributed by atoms with Crippen LogP contribution in [0, 0.1) is 11.7 Å². The molecule has 2 aromatic rings. The van der Waals surface area contributed by atoms with E-state index in [0.717, 1.165) is 25.7 Å². The number of carbonyl (C=O) groups excluding carboxylic acids is 1. The molecule has 3 rings (SSSR count). The first-order valence-corrected chi connectivity index (χ1v) is 8.74. The number of amides is 1. The second-order valence-corrected chi connectivity index (χ2v) is 6.78. The van der Waals surface area contributed by atoms with Crippen LogP contribution < -0.4 is 5.32 Å². The Bertz CT molecular complexity index is 731. The highest BCUT2D eigenvalue weighted by Gasteiger charge is 2.26. The van der Waals surface area contributed by atoms with Crippen molar-refractivity contribution < 1.29 is 14.3 Å². The molecule has 1 unspecified atom stereocenters. The number of nitrogens with zero attached hydrogens (tertiary/aromatic N) is 1. The topological polar surface area (TPSA) is 62.2 Å². The number of hydrogen-bond donors (Lipinski definition) is 2. The third-order valence-corrected chi connectivity index (χ3v) is 4.88. The predicted octanol–water partition coefficient (Wildman–Crippen LogP) is 3.56. The summed E-state index contributed by atoms with van der Waals surface area (Å²) in [6.45, 7) is 1.81. The van der Waals surface area contributed by atoms with Gasteiger partial charge < -0.3 is 10.4 Å². The highest BCUT2D eigenvalue weighted by molar-refractivity contribution is 5.94. The first-order chi connectivity index (χ1) is 12.0. The van der Waals surface area contributed by atoms with E-state index in [0.29, 0.717) is 16.8 Å². The summed E-state index contributed by atoms with van der Waals surface area (Å²) in [6.07, 6.45) is 4.93. The molecule has 1 saturated carbocycles. The Morgan fingerprint density at radius 2 is 2.16 bits per heavy atom. The van der Waals surface area contributed by atoms with Gasteiger partial charge in [0.2, 0.25) is 0 Å². The minimum Gasteiger partial charge on any atom is -0.393 e. The summed E-state index contributed by atoms with van der Waals surface area (Å²) in [5.74, 6) is -0.229. The van der Waals surface area contributed by atoms with Crippen LogP contribution in [0.5, 0.6) is 0 Å². The zero-order valence-corrected chi connectivity index (χ0v) is 14.3. The quantitative estimate of drug-likeness (QED) is 0.893. The van der Waals surface area contributed by atoms with Crippen LogP contribution in [0.2, 0.25) is 0 Å². The van der Waals surface area contributed by atoms with Crippen molar-refractivity contribution in [2.45, 2.75) is 44.8 Å². The Morgan fingerprint density at radius 1 is 1.32 bits per heavy atom. The number of aromatic nitrogens is 1. The molecular formula is C20H23FN2O2. The van der Waals surface area contributed by atoms with Crippen molar-refractivity contribution in [1.82, 2.24) is 10.3 Å². The maximum Gasteiger partial charge on any atom is 0.253 e. The largest absolute Gasteiger partial charge is 0.393 e. The van der Waals surface area contributed by atoms with E-state index in [-0.39, 0.29) is 29.8 Å². The first-order valence-electron chi connectivity index (χ1n) is 8.74. The average molecular weight is 342 g/mol. The van der Waals surface area contributed by atoms with Crippen molar-refractivity contribution in [2.24, 2.45) is 5.92 Å². The smallest absolute Gasteiger partial charge is 0.253 e. The van der Waals surface area contributed by atoms with E-state index in [4.69, 9.17) is 0 Å². The number of benzene rings is 1. The van der Waals surface area contributed by atoms with Crippen molar-refractivity contribution in [3.8, 4) is 11.3 Å². The lowest BCUT2D eigenvalue weighted by molar-refractivity contribution is 0.0791. The van der Waals surface area contributed by atoms with E-state index >= 15 is 0 Å². The van der Waals surface area contributed by atoms with Gasteiger partial charge in [0.1, 0.15) is 5.82 Å². The molecule has 1 aromatic heterocycles. The van der Waals surface area contributed by atoms with Gasteiger partial charge >= 0.3 is 0 Å². The fourth-order valence-corrected chi connectivity index (χ4v) is 3.41. The van der Waals surface area contributed by atoms with Crippen LogP contribution in [0.3, 0.4) is 0 Å². The standard InChI is InChI=1S/C20H23FN2O2/c1-13(24)14-4-3-7-18(11-14)23-20(25)16-8-9-19(22-12-16)15-5-2-6-17(21)10-15/h2,5-6,8-10,12-14,18,24H,3-4,7,11H2,1H3,(H,23,25)/t13?,14-,18+/m0/s1. The van der Waals surface area contributed by atoms with E-state index in [2.05, 4.69) is 10.3 Å². The van der Waals surface area contributed by atoms with Crippen LogP contribution >= 0.6 is 0 Å². The number of halogens is 1. The summed E-state index contributed by atoms with van der Waals surface area (Å²) in [7, 11) is 0. The van der Waals surface area contributed by atoms with Gasteiger partial charge in [-0.05, 0) is 56.4 Å². The van der Waals surface area contributed by atoms with Crippen molar-refractivity contribution >= 4 is 5.91 Å². The zero-order chi connectivity index (χ0) is 17.8. The summed E-state index contributed by atoms with van der Waals surface area (Å²) >= 11 is 0. The van der Waals surface area contributed by atoms with E-state index in [1.54, 1.807) is 24.3 Å². The molecule has 3 atom stereocenters. The van der Waals surface area contributed by atoms with Gasteiger partial charge in [0, 0.05) is 17.8 Å². The second-order valence-electron chi connectivity index (χ2n) is 6.78. The number of pyridine rings is 1. The molecule has 0 spiro atoms. The van der Waals surface area contributed by atoms with Crippen molar-refractivity contribution in [1.29, 1.82) is 0 Å². The Labute approximate surface area is 147 Å². The van der Waals surface area contributed by atoms with E-state index in [1.807, 2.05) is 6.92 Å². The number of aliphatic hydroxyl groups excluding tert-OH is 1. The number of hydrogen-bond acceptors (Lipinski definition) is 3. The van der Waals surface area contributed by atoms with Crippen LogP contribution in [0.4, 0.5) is 4.39 Å². The van der Waals surface area contributed by atoms with Gasteiger partial charge in [-0.25, -0.2) is 4.39 Å². The van der Waals surface area contributed by atoms with Gasteiger partial charge in [0.25, 0.3) is 5.91 Å². The molecule has 1 amide bonds. The molecule has 25 heavy (non-hydrogen) atoms. The normalized spacial score (nSPS) is 21.6. The highest BCUT2D eigenvalue weighted by Crippen LogP contribution is 2.27.